The van der Waals surface area contributed by atoms with E-state index in [1.165, 1.54) is 4.90 Å². The van der Waals surface area contributed by atoms with Crippen molar-refractivity contribution in [1.82, 2.24) is 9.62 Å². The Morgan fingerprint density at radius 1 is 1.25 bits per heavy atom. The maximum atomic E-state index is 12.7. The van der Waals surface area contributed by atoms with Gasteiger partial charge in [-0.1, -0.05) is 51.1 Å². The van der Waals surface area contributed by atoms with Gasteiger partial charge in [-0.2, -0.15) is 13.1 Å². The zero-order valence-corrected chi connectivity index (χ0v) is 18.1. The van der Waals surface area contributed by atoms with Gasteiger partial charge in [0.25, 0.3) is 0 Å². The van der Waals surface area contributed by atoms with Crippen LogP contribution >= 0.6 is 0 Å². The van der Waals surface area contributed by atoms with Crippen LogP contribution in [-0.4, -0.2) is 58.3 Å². The number of hydrogen-bond acceptors (Lipinski definition) is 6. The highest BCUT2D eigenvalue weighted by atomic mass is 32.2. The fourth-order valence-corrected chi connectivity index (χ4v) is 5.39. The maximum absolute atomic E-state index is 12.7. The number of carbonyl (C=O) groups excluding carboxylic acids is 1. The van der Waals surface area contributed by atoms with Crippen LogP contribution in [-0.2, 0) is 35.7 Å². The summed E-state index contributed by atoms with van der Waals surface area (Å²) in [7, 11) is -7.29. The highest BCUT2D eigenvalue weighted by Crippen LogP contribution is 2.23. The van der Waals surface area contributed by atoms with Crippen molar-refractivity contribution in [3.63, 3.8) is 0 Å². The summed E-state index contributed by atoms with van der Waals surface area (Å²) in [6.07, 6.45) is 0.350. The monoisotopic (exact) mass is 432 g/mol. The van der Waals surface area contributed by atoms with Gasteiger partial charge >= 0.3 is 10.3 Å². The highest BCUT2D eigenvalue weighted by molar-refractivity contribution is 7.91. The predicted octanol–water partition coefficient (Wildman–Crippen LogP) is 1.10. The van der Waals surface area contributed by atoms with Crippen LogP contribution in [0.25, 0.3) is 0 Å². The smallest absolute Gasteiger partial charge is 0.336 e. The molecular formula is C18H28N2O6S2. The van der Waals surface area contributed by atoms with Crippen LogP contribution in [0.5, 0.6) is 0 Å². The minimum Gasteiger partial charge on any atom is -0.336 e. The summed E-state index contributed by atoms with van der Waals surface area (Å²) in [5.74, 6) is -0.612. The molecule has 1 saturated heterocycles. The molecule has 1 N–H and O–H groups in total. The van der Waals surface area contributed by atoms with Gasteiger partial charge in [0.05, 0.1) is 11.5 Å². The Kier molecular flexibility index (Phi) is 7.24. The number of carbonyl (C=O) groups is 1. The van der Waals surface area contributed by atoms with Gasteiger partial charge in [-0.3, -0.25) is 4.79 Å². The van der Waals surface area contributed by atoms with Crippen LogP contribution < -0.4 is 4.72 Å². The van der Waals surface area contributed by atoms with E-state index in [2.05, 4.69) is 4.72 Å². The molecular weight excluding hydrogens is 404 g/mol. The maximum Gasteiger partial charge on any atom is 0.336 e. The first-order valence-corrected chi connectivity index (χ1v) is 12.3. The van der Waals surface area contributed by atoms with Crippen LogP contribution in [0.2, 0.25) is 0 Å². The van der Waals surface area contributed by atoms with E-state index in [0.717, 1.165) is 5.56 Å². The summed E-state index contributed by atoms with van der Waals surface area (Å²) in [4.78, 5) is 14.1. The van der Waals surface area contributed by atoms with E-state index in [1.54, 1.807) is 24.3 Å². The summed E-state index contributed by atoms with van der Waals surface area (Å²) in [6, 6.07) is 8.46. The van der Waals surface area contributed by atoms with Crippen LogP contribution in [0.15, 0.2) is 30.3 Å². The molecule has 1 aromatic rings. The van der Waals surface area contributed by atoms with Crippen LogP contribution in [0.4, 0.5) is 0 Å². The lowest BCUT2D eigenvalue weighted by Gasteiger charge is -2.34. The molecule has 158 valence electrons. The third-order valence-electron chi connectivity index (χ3n) is 4.25. The quantitative estimate of drug-likeness (QED) is 0.659. The Bertz CT molecular complexity index is 876. The largest absolute Gasteiger partial charge is 0.336 e. The van der Waals surface area contributed by atoms with E-state index in [0.29, 0.717) is 13.0 Å². The molecule has 1 atom stereocenters. The van der Waals surface area contributed by atoms with Crippen molar-refractivity contribution in [2.45, 2.75) is 39.8 Å². The Labute approximate surface area is 167 Å². The molecule has 1 amide bonds. The van der Waals surface area contributed by atoms with Gasteiger partial charge in [0, 0.05) is 19.1 Å². The summed E-state index contributed by atoms with van der Waals surface area (Å²) in [6.45, 7) is 5.47. The normalized spacial score (nSPS) is 19.5. The third-order valence-corrected chi connectivity index (χ3v) is 6.92. The fourth-order valence-electron chi connectivity index (χ4n) is 2.97. The molecule has 28 heavy (non-hydrogen) atoms. The topological polar surface area (TPSA) is 110 Å². The third kappa shape index (κ3) is 7.50. The van der Waals surface area contributed by atoms with E-state index in [-0.39, 0.29) is 23.5 Å². The van der Waals surface area contributed by atoms with Gasteiger partial charge in [0.2, 0.25) is 5.91 Å². The minimum absolute atomic E-state index is 0.0311. The van der Waals surface area contributed by atoms with Gasteiger partial charge in [-0.25, -0.2) is 12.6 Å². The van der Waals surface area contributed by atoms with Crippen molar-refractivity contribution in [2.24, 2.45) is 5.41 Å². The molecule has 0 aliphatic carbocycles. The summed E-state index contributed by atoms with van der Waals surface area (Å²) in [5, 5.41) is 0. The Morgan fingerprint density at radius 2 is 1.89 bits per heavy atom. The molecule has 8 nitrogen and oxygen atoms in total. The van der Waals surface area contributed by atoms with Crippen molar-refractivity contribution in [2.75, 3.05) is 24.7 Å². The van der Waals surface area contributed by atoms with E-state index < -0.39 is 38.7 Å². The van der Waals surface area contributed by atoms with Gasteiger partial charge < -0.3 is 4.90 Å². The SMILES string of the molecule is CC(C)(C)CN(C(=O)COS(=O)(=O)NCc1ccccc1)C1CCS(=O)(=O)C1. The van der Waals surface area contributed by atoms with Crippen molar-refractivity contribution in [3.8, 4) is 0 Å². The van der Waals surface area contributed by atoms with E-state index in [1.807, 2.05) is 26.8 Å². The molecule has 1 unspecified atom stereocenters. The number of hydrogen-bond donors (Lipinski definition) is 1. The van der Waals surface area contributed by atoms with E-state index in [4.69, 9.17) is 4.18 Å². The van der Waals surface area contributed by atoms with Crippen molar-refractivity contribution in [1.29, 1.82) is 0 Å². The highest BCUT2D eigenvalue weighted by Gasteiger charge is 2.36. The Balaban J connectivity index is 1.98. The molecule has 1 fully saturated rings. The molecule has 1 aromatic carbocycles. The fraction of sp³-hybridized carbons (Fsp3) is 0.611. The summed E-state index contributed by atoms with van der Waals surface area (Å²) >= 11 is 0. The molecule has 1 aliphatic rings. The van der Waals surface area contributed by atoms with Gasteiger partial charge in [0.1, 0.15) is 6.61 Å². The van der Waals surface area contributed by atoms with E-state index >= 15 is 0 Å². The standard InChI is InChI=1S/C18H28N2O6S2/c1-18(2,3)14-20(16-9-10-27(22,23)13-16)17(21)12-26-28(24,25)19-11-15-7-5-4-6-8-15/h4-8,16,19H,9-14H2,1-3H3. The Hall–Kier alpha value is -1.49. The van der Waals surface area contributed by atoms with E-state index in [9.17, 15) is 21.6 Å². The average Bonchev–Trinajstić information content (AvgIpc) is 2.96. The summed E-state index contributed by atoms with van der Waals surface area (Å²) in [5.41, 5.74) is 0.485. The van der Waals surface area contributed by atoms with Crippen LogP contribution in [0.3, 0.4) is 0 Å². The van der Waals surface area contributed by atoms with Crippen molar-refractivity contribution in [3.05, 3.63) is 35.9 Å². The first-order chi connectivity index (χ1) is 12.9. The minimum atomic E-state index is -4.11. The zero-order chi connectivity index (χ0) is 21.0. The van der Waals surface area contributed by atoms with Crippen LogP contribution in [0.1, 0.15) is 32.8 Å². The van der Waals surface area contributed by atoms with Crippen LogP contribution in [0, 0.1) is 5.41 Å². The second-order valence-corrected chi connectivity index (χ2v) is 11.8. The van der Waals surface area contributed by atoms with Gasteiger partial charge in [-0.15, -0.1) is 0 Å². The average molecular weight is 433 g/mol. The number of nitrogens with zero attached hydrogens (tertiary/aromatic N) is 1. The second-order valence-electron chi connectivity index (χ2n) is 8.16. The van der Waals surface area contributed by atoms with Gasteiger partial charge in [0.15, 0.2) is 9.84 Å². The number of sulfone groups is 1. The predicted molar refractivity (Wildman–Crippen MR) is 106 cm³/mol. The lowest BCUT2D eigenvalue weighted by atomic mass is 9.95. The molecule has 1 heterocycles. The molecule has 0 bridgehead atoms. The molecule has 10 heteroatoms. The lowest BCUT2D eigenvalue weighted by Crippen LogP contribution is -2.47. The van der Waals surface area contributed by atoms with Gasteiger partial charge in [-0.05, 0) is 17.4 Å². The molecule has 0 radical (unpaired) electrons. The molecule has 2 rings (SSSR count). The molecule has 0 saturated carbocycles. The van der Waals surface area contributed by atoms with Crippen molar-refractivity contribution >= 4 is 26.0 Å². The Morgan fingerprint density at radius 3 is 2.43 bits per heavy atom. The lowest BCUT2D eigenvalue weighted by molar-refractivity contribution is -0.136. The second kappa shape index (κ2) is 8.89. The molecule has 0 spiro atoms. The number of amides is 1. The molecule has 0 aromatic heterocycles. The zero-order valence-electron chi connectivity index (χ0n) is 16.4. The summed E-state index contributed by atoms with van der Waals surface area (Å²) < 4.78 is 54.8. The molecule has 1 aliphatic heterocycles. The first kappa shape index (κ1) is 22.8. The number of rotatable bonds is 8. The number of benzene rings is 1. The number of nitrogens with one attached hydrogen (secondary N) is 1. The first-order valence-electron chi connectivity index (χ1n) is 9.05. The van der Waals surface area contributed by atoms with Crippen molar-refractivity contribution < 1.29 is 25.8 Å².